The zero-order chi connectivity index (χ0) is 20.9. The van der Waals surface area contributed by atoms with Gasteiger partial charge in [-0.05, 0) is 37.6 Å². The van der Waals surface area contributed by atoms with Gasteiger partial charge in [-0.3, -0.25) is 14.5 Å². The van der Waals surface area contributed by atoms with E-state index in [0.29, 0.717) is 24.1 Å². The van der Waals surface area contributed by atoms with Crippen molar-refractivity contribution < 1.29 is 14.3 Å². The molecule has 1 aromatic heterocycles. The summed E-state index contributed by atoms with van der Waals surface area (Å²) in [4.78, 5) is 35.6. The van der Waals surface area contributed by atoms with Crippen LogP contribution in [0.4, 0.5) is 0 Å². The third kappa shape index (κ3) is 3.58. The van der Waals surface area contributed by atoms with Crippen LogP contribution in [0.3, 0.4) is 0 Å². The quantitative estimate of drug-likeness (QED) is 0.752. The fourth-order valence-electron chi connectivity index (χ4n) is 4.53. The fraction of sp³-hybridized carbons (Fsp3) is 0.500. The maximum Gasteiger partial charge on any atom is 0.282 e. The summed E-state index contributed by atoms with van der Waals surface area (Å²) in [5, 5.41) is 2.39. The lowest BCUT2D eigenvalue weighted by molar-refractivity contribution is 0.00853. The van der Waals surface area contributed by atoms with Crippen molar-refractivity contribution in [3.05, 3.63) is 45.9 Å². The van der Waals surface area contributed by atoms with Crippen LogP contribution in [0.1, 0.15) is 39.6 Å². The minimum atomic E-state index is -0.199. The highest BCUT2D eigenvalue weighted by atomic mass is 32.1. The van der Waals surface area contributed by atoms with E-state index >= 15 is 0 Å². The van der Waals surface area contributed by atoms with E-state index in [1.54, 1.807) is 6.20 Å². The van der Waals surface area contributed by atoms with Crippen molar-refractivity contribution in [2.24, 2.45) is 0 Å². The summed E-state index contributed by atoms with van der Waals surface area (Å²) in [5.41, 5.74) is 1.66. The van der Waals surface area contributed by atoms with Gasteiger partial charge in [-0.1, -0.05) is 0 Å². The second-order valence-electron chi connectivity index (χ2n) is 8.89. The van der Waals surface area contributed by atoms with Crippen molar-refractivity contribution in [1.82, 2.24) is 19.7 Å². The van der Waals surface area contributed by atoms with Crippen LogP contribution in [0, 0.1) is 0 Å². The Morgan fingerprint density at radius 3 is 2.57 bits per heavy atom. The van der Waals surface area contributed by atoms with Crippen molar-refractivity contribution >= 4 is 23.2 Å². The van der Waals surface area contributed by atoms with Gasteiger partial charge < -0.3 is 14.5 Å². The van der Waals surface area contributed by atoms with Crippen molar-refractivity contribution in [1.29, 1.82) is 0 Å². The van der Waals surface area contributed by atoms with E-state index in [2.05, 4.69) is 23.7 Å². The summed E-state index contributed by atoms with van der Waals surface area (Å²) in [5.74, 6) is 1.01. The average Bonchev–Trinajstić information content (AvgIpc) is 3.32. The predicted octanol–water partition coefficient (Wildman–Crippen LogP) is 2.14. The summed E-state index contributed by atoms with van der Waals surface area (Å²) in [6.07, 6.45) is 2.50. The van der Waals surface area contributed by atoms with E-state index in [0.717, 1.165) is 49.5 Å². The molecule has 158 valence electrons. The molecular formula is C22H26N4O3S. The molecule has 0 atom stereocenters. The fourth-order valence-corrected chi connectivity index (χ4v) is 5.13. The topological polar surface area (TPSA) is 66.0 Å². The monoisotopic (exact) mass is 426 g/mol. The molecule has 0 unspecified atom stereocenters. The Bertz CT molecular complexity index is 961. The van der Waals surface area contributed by atoms with Gasteiger partial charge in [-0.2, -0.15) is 0 Å². The number of benzene rings is 1. The van der Waals surface area contributed by atoms with E-state index in [1.165, 1.54) is 11.3 Å². The van der Waals surface area contributed by atoms with Gasteiger partial charge in [0.25, 0.3) is 11.8 Å². The zero-order valence-corrected chi connectivity index (χ0v) is 18.2. The summed E-state index contributed by atoms with van der Waals surface area (Å²) in [6, 6.07) is 6.16. The van der Waals surface area contributed by atoms with Crippen LogP contribution in [0.5, 0.6) is 5.75 Å². The Labute approximate surface area is 180 Å². The molecule has 0 saturated carbocycles. The van der Waals surface area contributed by atoms with Crippen molar-refractivity contribution in [3.63, 3.8) is 0 Å². The standard InChI is InChI=1S/C22H26N4O3S/c1-22(2)12-16-11-15(3-4-18(16)29-22)20(27)26-13-17(14-26)24-6-8-25(9-7-24)21(28)19-23-5-10-30-19/h3-5,10-11,17H,6-9,12-14H2,1-2H3. The van der Waals surface area contributed by atoms with E-state index < -0.39 is 0 Å². The zero-order valence-electron chi connectivity index (χ0n) is 17.3. The van der Waals surface area contributed by atoms with Crippen LogP contribution in [0.2, 0.25) is 0 Å². The van der Waals surface area contributed by atoms with E-state index in [9.17, 15) is 9.59 Å². The molecule has 0 bridgehead atoms. The minimum absolute atomic E-state index is 0.0267. The number of carbonyl (C=O) groups excluding carboxylic acids is 2. The summed E-state index contributed by atoms with van der Waals surface area (Å²) in [7, 11) is 0. The van der Waals surface area contributed by atoms with Gasteiger partial charge in [0.2, 0.25) is 0 Å². The highest BCUT2D eigenvalue weighted by Crippen LogP contribution is 2.35. The number of hydrogen-bond donors (Lipinski definition) is 0. The number of nitrogens with zero attached hydrogens (tertiary/aromatic N) is 4. The van der Waals surface area contributed by atoms with Crippen LogP contribution in [0.15, 0.2) is 29.8 Å². The third-order valence-corrected chi connectivity index (χ3v) is 6.95. The number of amides is 2. The van der Waals surface area contributed by atoms with Crippen molar-refractivity contribution in [2.75, 3.05) is 39.3 Å². The lowest BCUT2D eigenvalue weighted by Gasteiger charge is -2.48. The highest BCUT2D eigenvalue weighted by Gasteiger charge is 2.38. The molecule has 30 heavy (non-hydrogen) atoms. The average molecular weight is 427 g/mol. The van der Waals surface area contributed by atoms with Gasteiger partial charge in [0.15, 0.2) is 5.01 Å². The molecular weight excluding hydrogens is 400 g/mol. The van der Waals surface area contributed by atoms with E-state index in [1.807, 2.05) is 33.4 Å². The molecule has 7 nitrogen and oxygen atoms in total. The predicted molar refractivity (Wildman–Crippen MR) is 114 cm³/mol. The minimum Gasteiger partial charge on any atom is -0.487 e. The van der Waals surface area contributed by atoms with Gasteiger partial charge in [-0.15, -0.1) is 11.3 Å². The molecule has 2 amide bonds. The first kappa shape index (κ1) is 19.5. The van der Waals surface area contributed by atoms with Gasteiger partial charge >= 0.3 is 0 Å². The third-order valence-electron chi connectivity index (χ3n) is 6.19. The number of thiazole rings is 1. The van der Waals surface area contributed by atoms with Gasteiger partial charge in [0.1, 0.15) is 11.4 Å². The Morgan fingerprint density at radius 1 is 1.10 bits per heavy atom. The number of likely N-dealkylation sites (tertiary alicyclic amines) is 1. The number of fused-ring (bicyclic) bond motifs is 1. The Kier molecular flexibility index (Phi) is 4.78. The van der Waals surface area contributed by atoms with Crippen LogP contribution < -0.4 is 4.74 Å². The molecule has 2 fully saturated rings. The molecule has 5 rings (SSSR count). The van der Waals surface area contributed by atoms with Crippen LogP contribution in [0.25, 0.3) is 0 Å². The maximum absolute atomic E-state index is 12.9. The molecule has 4 heterocycles. The second-order valence-corrected chi connectivity index (χ2v) is 9.78. The van der Waals surface area contributed by atoms with Crippen LogP contribution in [-0.4, -0.2) is 82.4 Å². The number of aromatic nitrogens is 1. The first-order valence-electron chi connectivity index (χ1n) is 10.4. The van der Waals surface area contributed by atoms with Crippen molar-refractivity contribution in [3.8, 4) is 5.75 Å². The summed E-state index contributed by atoms with van der Waals surface area (Å²) in [6.45, 7) is 8.74. The Balaban J connectivity index is 1.13. The van der Waals surface area contributed by atoms with E-state index in [-0.39, 0.29) is 17.4 Å². The number of piperazine rings is 1. The first-order chi connectivity index (χ1) is 14.4. The first-order valence-corrected chi connectivity index (χ1v) is 11.3. The number of hydrogen-bond acceptors (Lipinski definition) is 6. The molecule has 8 heteroatoms. The molecule has 0 N–H and O–H groups in total. The van der Waals surface area contributed by atoms with Gasteiger partial charge in [0.05, 0.1) is 0 Å². The van der Waals surface area contributed by atoms with Gasteiger partial charge in [0, 0.05) is 68.9 Å². The Morgan fingerprint density at radius 2 is 1.87 bits per heavy atom. The smallest absolute Gasteiger partial charge is 0.282 e. The molecule has 3 aliphatic rings. The Hall–Kier alpha value is -2.45. The van der Waals surface area contributed by atoms with Gasteiger partial charge in [-0.25, -0.2) is 4.98 Å². The molecule has 0 radical (unpaired) electrons. The van der Waals surface area contributed by atoms with Crippen LogP contribution >= 0.6 is 11.3 Å². The number of ether oxygens (including phenoxy) is 1. The number of carbonyl (C=O) groups is 2. The molecule has 0 spiro atoms. The van der Waals surface area contributed by atoms with Crippen molar-refractivity contribution in [2.45, 2.75) is 31.9 Å². The summed E-state index contributed by atoms with van der Waals surface area (Å²) >= 11 is 1.39. The molecule has 3 aliphatic heterocycles. The SMILES string of the molecule is CC1(C)Cc2cc(C(=O)N3CC(N4CCN(C(=O)c5nccs5)CC4)C3)ccc2O1. The van der Waals surface area contributed by atoms with E-state index in [4.69, 9.17) is 4.74 Å². The highest BCUT2D eigenvalue weighted by molar-refractivity contribution is 7.11. The van der Waals surface area contributed by atoms with Crippen LogP contribution in [-0.2, 0) is 6.42 Å². The lowest BCUT2D eigenvalue weighted by atomic mass is 9.99. The molecule has 0 aliphatic carbocycles. The summed E-state index contributed by atoms with van der Waals surface area (Å²) < 4.78 is 5.91. The molecule has 2 aromatic rings. The lowest BCUT2D eigenvalue weighted by Crippen LogP contribution is -2.64. The maximum atomic E-state index is 12.9. The molecule has 1 aromatic carbocycles. The largest absolute Gasteiger partial charge is 0.487 e. The number of rotatable bonds is 3. The normalized spacial score (nSPS) is 21.1. The molecule has 2 saturated heterocycles. The second kappa shape index (κ2) is 7.35.